The number of halogens is 3. The van der Waals surface area contributed by atoms with Crippen LogP contribution < -0.4 is 0 Å². The van der Waals surface area contributed by atoms with E-state index in [1.807, 2.05) is 0 Å². The number of carbonyl (C=O) groups excluding carboxylic acids is 1. The Morgan fingerprint density at radius 3 is 2.38 bits per heavy atom. The van der Waals surface area contributed by atoms with Gasteiger partial charge in [-0.1, -0.05) is 24.3 Å². The van der Waals surface area contributed by atoms with Crippen LogP contribution in [0.1, 0.15) is 21.5 Å². The normalized spacial score (nSPS) is 18.5. The standard InChI is InChI=1S/C17H12F3NO4S/c1-21-14(15(22)10-5-4-6-11(9-10)17(18,19)20)16(23)12-7-2-3-8-13(12)26(21,24)25/h2-9,22H,1H3. The molecule has 26 heavy (non-hydrogen) atoms. The summed E-state index contributed by atoms with van der Waals surface area (Å²) in [7, 11) is -3.06. The second kappa shape index (κ2) is 5.87. The van der Waals surface area contributed by atoms with E-state index in [1.54, 1.807) is 0 Å². The summed E-state index contributed by atoms with van der Waals surface area (Å²) in [5, 5.41) is 10.4. The molecule has 1 heterocycles. The van der Waals surface area contributed by atoms with Crippen LogP contribution in [0.2, 0.25) is 0 Å². The number of benzene rings is 2. The van der Waals surface area contributed by atoms with E-state index in [2.05, 4.69) is 0 Å². The number of nitrogens with zero attached hydrogens (tertiary/aromatic N) is 1. The molecule has 0 aromatic heterocycles. The van der Waals surface area contributed by atoms with Gasteiger partial charge in [0.1, 0.15) is 5.70 Å². The monoisotopic (exact) mass is 383 g/mol. The molecule has 3 rings (SSSR count). The lowest BCUT2D eigenvalue weighted by molar-refractivity contribution is -0.137. The minimum absolute atomic E-state index is 0.154. The lowest BCUT2D eigenvalue weighted by atomic mass is 10.0. The van der Waals surface area contributed by atoms with Crippen molar-refractivity contribution in [2.24, 2.45) is 0 Å². The fraction of sp³-hybridized carbons (Fsp3) is 0.118. The first-order valence-electron chi connectivity index (χ1n) is 7.28. The van der Waals surface area contributed by atoms with Crippen LogP contribution in [0.4, 0.5) is 13.2 Å². The Morgan fingerprint density at radius 1 is 1.08 bits per heavy atom. The van der Waals surface area contributed by atoms with Crippen LogP contribution >= 0.6 is 0 Å². The Balaban J connectivity index is 2.24. The van der Waals surface area contributed by atoms with Crippen LogP contribution in [0.5, 0.6) is 0 Å². The van der Waals surface area contributed by atoms with Crippen molar-refractivity contribution in [1.82, 2.24) is 4.31 Å². The van der Waals surface area contributed by atoms with Crippen LogP contribution in [0.25, 0.3) is 5.76 Å². The van der Waals surface area contributed by atoms with Crippen molar-refractivity contribution in [1.29, 1.82) is 0 Å². The molecule has 136 valence electrons. The zero-order chi connectivity index (χ0) is 19.3. The fourth-order valence-corrected chi connectivity index (χ4v) is 4.05. The largest absolute Gasteiger partial charge is 0.505 e. The van der Waals surface area contributed by atoms with E-state index in [0.717, 1.165) is 25.2 Å². The molecule has 0 unspecified atom stereocenters. The molecule has 0 spiro atoms. The van der Waals surface area contributed by atoms with Gasteiger partial charge >= 0.3 is 6.18 Å². The van der Waals surface area contributed by atoms with Crippen molar-refractivity contribution in [2.45, 2.75) is 11.1 Å². The molecule has 0 bridgehead atoms. The Morgan fingerprint density at radius 2 is 1.73 bits per heavy atom. The van der Waals surface area contributed by atoms with Crippen LogP contribution in [0, 0.1) is 0 Å². The number of rotatable bonds is 1. The predicted octanol–water partition coefficient (Wildman–Crippen LogP) is 3.45. The minimum Gasteiger partial charge on any atom is -0.505 e. The van der Waals surface area contributed by atoms with Gasteiger partial charge in [0.25, 0.3) is 10.0 Å². The van der Waals surface area contributed by atoms with Gasteiger partial charge in [0.2, 0.25) is 5.78 Å². The van der Waals surface area contributed by atoms with Crippen molar-refractivity contribution in [3.63, 3.8) is 0 Å². The molecule has 0 fully saturated rings. The summed E-state index contributed by atoms with van der Waals surface area (Å²) in [5.41, 5.74) is -2.11. The molecule has 0 saturated carbocycles. The number of carbonyl (C=O) groups is 1. The van der Waals surface area contributed by atoms with Gasteiger partial charge in [-0.15, -0.1) is 0 Å². The lowest BCUT2D eigenvalue weighted by Crippen LogP contribution is -2.37. The molecule has 2 aromatic rings. The highest BCUT2D eigenvalue weighted by Crippen LogP contribution is 2.35. The van der Waals surface area contributed by atoms with E-state index in [9.17, 15) is 31.5 Å². The average molecular weight is 383 g/mol. The van der Waals surface area contributed by atoms with Crippen LogP contribution in [0.3, 0.4) is 0 Å². The number of likely N-dealkylation sites (N-methyl/N-ethyl adjacent to an activating group) is 1. The molecule has 0 aliphatic carbocycles. The van der Waals surface area contributed by atoms with Crippen molar-refractivity contribution in [3.8, 4) is 0 Å². The summed E-state index contributed by atoms with van der Waals surface area (Å²) in [4.78, 5) is 12.4. The number of Topliss-reactive ketones (excluding diaryl/α,β-unsaturated/α-hetero) is 1. The maximum absolute atomic E-state index is 12.9. The molecule has 9 heteroatoms. The maximum Gasteiger partial charge on any atom is 0.416 e. The second-order valence-corrected chi connectivity index (χ2v) is 7.51. The Kier molecular flexibility index (Phi) is 4.06. The summed E-state index contributed by atoms with van der Waals surface area (Å²) in [5.74, 6) is -1.64. The third-order valence-electron chi connectivity index (χ3n) is 3.99. The molecular formula is C17H12F3NO4S. The quantitative estimate of drug-likeness (QED) is 0.605. The third kappa shape index (κ3) is 2.74. The van der Waals surface area contributed by atoms with Gasteiger partial charge in [0.05, 0.1) is 10.5 Å². The van der Waals surface area contributed by atoms with E-state index in [4.69, 9.17) is 0 Å². The summed E-state index contributed by atoms with van der Waals surface area (Å²) in [6.07, 6.45) is -4.65. The number of alkyl halides is 3. The number of ketones is 1. The molecule has 2 aromatic carbocycles. The van der Waals surface area contributed by atoms with Gasteiger partial charge in [-0.05, 0) is 24.3 Å². The molecule has 1 N–H and O–H groups in total. The van der Waals surface area contributed by atoms with Crippen molar-refractivity contribution in [2.75, 3.05) is 7.05 Å². The number of aliphatic hydroxyl groups is 1. The first-order valence-corrected chi connectivity index (χ1v) is 8.72. The number of fused-ring (bicyclic) bond motifs is 1. The second-order valence-electron chi connectivity index (χ2n) is 5.57. The number of allylic oxidation sites excluding steroid dienone is 1. The summed E-state index contributed by atoms with van der Waals surface area (Å²) < 4.78 is 64.3. The topological polar surface area (TPSA) is 74.7 Å². The Bertz CT molecular complexity index is 1040. The van der Waals surface area contributed by atoms with Gasteiger partial charge in [-0.2, -0.15) is 13.2 Å². The highest BCUT2D eigenvalue weighted by Gasteiger charge is 2.39. The van der Waals surface area contributed by atoms with Gasteiger partial charge in [0, 0.05) is 18.2 Å². The SMILES string of the molecule is CN1C(=C(O)c2cccc(C(F)(F)F)c2)C(=O)c2ccccc2S1(=O)=O. The highest BCUT2D eigenvalue weighted by atomic mass is 32.2. The van der Waals surface area contributed by atoms with Gasteiger partial charge in [-0.3, -0.25) is 9.10 Å². The molecule has 5 nitrogen and oxygen atoms in total. The highest BCUT2D eigenvalue weighted by molar-refractivity contribution is 7.89. The van der Waals surface area contributed by atoms with Gasteiger partial charge in [0.15, 0.2) is 5.76 Å². The van der Waals surface area contributed by atoms with Gasteiger partial charge in [-0.25, -0.2) is 8.42 Å². The van der Waals surface area contributed by atoms with Crippen molar-refractivity contribution >= 4 is 21.6 Å². The molecule has 1 aliphatic heterocycles. The molecular weight excluding hydrogens is 371 g/mol. The summed E-state index contributed by atoms with van der Waals surface area (Å²) >= 11 is 0. The summed E-state index contributed by atoms with van der Waals surface area (Å²) in [6, 6.07) is 9.10. The molecule has 0 atom stereocenters. The van der Waals surface area contributed by atoms with E-state index in [0.29, 0.717) is 10.4 Å². The number of sulfonamides is 1. The molecule has 1 aliphatic rings. The number of hydrogen-bond acceptors (Lipinski definition) is 4. The fourth-order valence-electron chi connectivity index (χ4n) is 2.65. The first-order chi connectivity index (χ1) is 12.0. The molecule has 0 saturated heterocycles. The van der Waals surface area contributed by atoms with Gasteiger partial charge < -0.3 is 5.11 Å². The average Bonchev–Trinajstić information content (AvgIpc) is 2.60. The van der Waals surface area contributed by atoms with Crippen LogP contribution in [0.15, 0.2) is 59.1 Å². The van der Waals surface area contributed by atoms with Crippen molar-refractivity contribution < 1.29 is 31.5 Å². The minimum atomic E-state index is -4.65. The summed E-state index contributed by atoms with van der Waals surface area (Å²) in [6.45, 7) is 0. The van der Waals surface area contributed by atoms with E-state index < -0.39 is 39.0 Å². The van der Waals surface area contributed by atoms with E-state index >= 15 is 0 Å². The number of aliphatic hydroxyl groups excluding tert-OH is 1. The first kappa shape index (κ1) is 18.0. The Hall–Kier alpha value is -2.81. The smallest absolute Gasteiger partial charge is 0.416 e. The molecule has 0 amide bonds. The van der Waals surface area contributed by atoms with E-state index in [-0.39, 0.29) is 16.0 Å². The Labute approximate surface area is 147 Å². The third-order valence-corrected chi connectivity index (χ3v) is 5.80. The predicted molar refractivity (Wildman–Crippen MR) is 86.7 cm³/mol. The number of hydrogen-bond donors (Lipinski definition) is 1. The zero-order valence-electron chi connectivity index (χ0n) is 13.3. The zero-order valence-corrected chi connectivity index (χ0v) is 14.1. The van der Waals surface area contributed by atoms with E-state index in [1.165, 1.54) is 24.3 Å². The van der Waals surface area contributed by atoms with Crippen LogP contribution in [-0.2, 0) is 16.2 Å². The maximum atomic E-state index is 12.9. The van der Waals surface area contributed by atoms with Crippen LogP contribution in [-0.4, -0.2) is 30.7 Å². The molecule has 0 radical (unpaired) electrons. The lowest BCUT2D eigenvalue weighted by Gasteiger charge is -2.28. The van der Waals surface area contributed by atoms with Crippen molar-refractivity contribution in [3.05, 3.63) is 70.9 Å².